The van der Waals surface area contributed by atoms with Crippen molar-refractivity contribution in [1.82, 2.24) is 15.0 Å². The number of benzene rings is 1. The van der Waals surface area contributed by atoms with Gasteiger partial charge in [-0.25, -0.2) is 4.98 Å². The number of hydrogen-bond donors (Lipinski definition) is 2. The largest absolute Gasteiger partial charge is 0.359 e. The van der Waals surface area contributed by atoms with Crippen LogP contribution in [0.5, 0.6) is 0 Å². The lowest BCUT2D eigenvalue weighted by Crippen LogP contribution is -2.01. The van der Waals surface area contributed by atoms with E-state index in [0.717, 1.165) is 22.8 Å². The third-order valence-electron chi connectivity index (χ3n) is 2.95. The molecule has 0 atom stereocenters. The molecule has 3 rings (SSSR count). The normalized spacial score (nSPS) is 10.8. The predicted octanol–water partition coefficient (Wildman–Crippen LogP) is 3.57. The van der Waals surface area contributed by atoms with Gasteiger partial charge in [0.05, 0.1) is 4.92 Å². The fraction of sp³-hybridized carbons (Fsp3) is 0.0769. The fourth-order valence-electron chi connectivity index (χ4n) is 2.07. The van der Waals surface area contributed by atoms with Crippen molar-refractivity contribution in [3.05, 3.63) is 51.6 Å². The molecule has 0 amide bonds. The first-order valence-corrected chi connectivity index (χ1v) is 6.44. The van der Waals surface area contributed by atoms with Gasteiger partial charge in [-0.05, 0) is 42.8 Å². The summed E-state index contributed by atoms with van der Waals surface area (Å²) in [6, 6.07) is 7.55. The maximum absolute atomic E-state index is 11.0. The van der Waals surface area contributed by atoms with Gasteiger partial charge in [-0.15, -0.1) is 0 Å². The Labute approximate surface area is 124 Å². The van der Waals surface area contributed by atoms with Crippen LogP contribution >= 0.6 is 11.6 Å². The Kier molecular flexibility index (Phi) is 3.19. The second kappa shape index (κ2) is 5.02. The van der Waals surface area contributed by atoms with Gasteiger partial charge in [0.2, 0.25) is 11.1 Å². The summed E-state index contributed by atoms with van der Waals surface area (Å²) < 4.78 is 0. The number of aromatic amines is 1. The number of halogens is 1. The summed E-state index contributed by atoms with van der Waals surface area (Å²) in [5.74, 6) is 0.0617. The minimum absolute atomic E-state index is 0.0540. The number of rotatable bonds is 3. The molecule has 0 spiro atoms. The highest BCUT2D eigenvalue weighted by atomic mass is 35.5. The fourth-order valence-corrected chi connectivity index (χ4v) is 2.21. The monoisotopic (exact) mass is 303 g/mol. The second-order valence-corrected chi connectivity index (χ2v) is 4.85. The summed E-state index contributed by atoms with van der Waals surface area (Å²) in [6.45, 7) is 1.96. The van der Waals surface area contributed by atoms with Gasteiger partial charge in [0.25, 0.3) is 0 Å². The van der Waals surface area contributed by atoms with Crippen LogP contribution in [-0.4, -0.2) is 19.9 Å². The zero-order valence-electron chi connectivity index (χ0n) is 10.9. The molecule has 0 saturated carbocycles. The molecule has 2 aromatic heterocycles. The Morgan fingerprint density at radius 3 is 2.95 bits per heavy atom. The van der Waals surface area contributed by atoms with Crippen molar-refractivity contribution < 1.29 is 4.92 Å². The number of H-pyrrole nitrogens is 1. The molecule has 2 N–H and O–H groups in total. The van der Waals surface area contributed by atoms with Gasteiger partial charge in [0.1, 0.15) is 6.20 Å². The van der Waals surface area contributed by atoms with Gasteiger partial charge in [-0.1, -0.05) is 0 Å². The van der Waals surface area contributed by atoms with E-state index in [-0.39, 0.29) is 16.8 Å². The second-order valence-electron chi connectivity index (χ2n) is 4.51. The molecule has 0 saturated heterocycles. The van der Waals surface area contributed by atoms with Crippen LogP contribution in [0.3, 0.4) is 0 Å². The van der Waals surface area contributed by atoms with Gasteiger partial charge in [-0.3, -0.25) is 10.1 Å². The van der Waals surface area contributed by atoms with Crippen LogP contribution in [0.2, 0.25) is 5.28 Å². The van der Waals surface area contributed by atoms with Crippen molar-refractivity contribution in [3.8, 4) is 0 Å². The van der Waals surface area contributed by atoms with E-state index in [1.165, 1.54) is 0 Å². The molecular weight excluding hydrogens is 294 g/mol. The highest BCUT2D eigenvalue weighted by molar-refractivity contribution is 6.28. The third kappa shape index (κ3) is 2.63. The van der Waals surface area contributed by atoms with Crippen molar-refractivity contribution in [1.29, 1.82) is 0 Å². The summed E-state index contributed by atoms with van der Waals surface area (Å²) in [5, 5.41) is 14.8. The van der Waals surface area contributed by atoms with Crippen LogP contribution in [0.25, 0.3) is 10.9 Å². The lowest BCUT2D eigenvalue weighted by molar-refractivity contribution is -0.384. The molecule has 0 aliphatic heterocycles. The highest BCUT2D eigenvalue weighted by Gasteiger charge is 2.17. The van der Waals surface area contributed by atoms with Crippen LogP contribution in [0.1, 0.15) is 5.69 Å². The van der Waals surface area contributed by atoms with Crippen molar-refractivity contribution in [2.24, 2.45) is 0 Å². The van der Waals surface area contributed by atoms with Crippen molar-refractivity contribution in [2.75, 3.05) is 5.32 Å². The van der Waals surface area contributed by atoms with E-state index >= 15 is 0 Å². The van der Waals surface area contributed by atoms with E-state index in [9.17, 15) is 10.1 Å². The quantitative estimate of drug-likeness (QED) is 0.438. The average molecular weight is 304 g/mol. The van der Waals surface area contributed by atoms with E-state index in [0.29, 0.717) is 5.69 Å². The van der Waals surface area contributed by atoms with Gasteiger partial charge >= 0.3 is 5.69 Å². The first-order valence-electron chi connectivity index (χ1n) is 6.06. The Morgan fingerprint density at radius 1 is 1.38 bits per heavy atom. The van der Waals surface area contributed by atoms with Crippen LogP contribution in [-0.2, 0) is 0 Å². The average Bonchev–Trinajstić information content (AvgIpc) is 2.77. The van der Waals surface area contributed by atoms with E-state index in [1.807, 2.05) is 25.1 Å². The topological polar surface area (TPSA) is 96.7 Å². The first kappa shape index (κ1) is 13.3. The van der Waals surface area contributed by atoms with E-state index in [2.05, 4.69) is 20.3 Å². The maximum atomic E-state index is 11.0. The number of hydrogen-bond acceptors (Lipinski definition) is 5. The maximum Gasteiger partial charge on any atom is 0.329 e. The standard InChI is InChI=1S/C13H10ClN5O2/c1-7-4-8-5-9(2-3-10(8)16-7)17-12-11(19(20)21)6-15-13(14)18-12/h2-6,16H,1H3,(H,15,17,18). The minimum Gasteiger partial charge on any atom is -0.359 e. The molecule has 21 heavy (non-hydrogen) atoms. The lowest BCUT2D eigenvalue weighted by Gasteiger charge is -2.06. The zero-order valence-corrected chi connectivity index (χ0v) is 11.7. The smallest absolute Gasteiger partial charge is 0.329 e. The SMILES string of the molecule is Cc1cc2cc(Nc3nc(Cl)ncc3[N+](=O)[O-])ccc2[nH]1. The molecule has 1 aromatic carbocycles. The predicted molar refractivity (Wildman–Crippen MR) is 80.0 cm³/mol. The number of nitro groups is 1. The number of aromatic nitrogens is 3. The van der Waals surface area contributed by atoms with Gasteiger partial charge < -0.3 is 10.3 Å². The molecule has 3 aromatic rings. The Hall–Kier alpha value is -2.67. The number of anilines is 2. The summed E-state index contributed by atoms with van der Waals surface area (Å²) in [5.41, 5.74) is 2.48. The number of aryl methyl sites for hydroxylation is 1. The molecule has 0 unspecified atom stereocenters. The molecule has 8 heteroatoms. The van der Waals surface area contributed by atoms with Gasteiger partial charge in [-0.2, -0.15) is 4.98 Å². The summed E-state index contributed by atoms with van der Waals surface area (Å²) >= 11 is 5.70. The third-order valence-corrected chi connectivity index (χ3v) is 3.14. The van der Waals surface area contributed by atoms with Crippen LogP contribution < -0.4 is 5.32 Å². The Bertz CT molecular complexity index is 846. The Balaban J connectivity index is 2.01. The molecule has 0 radical (unpaired) electrons. The first-order chi connectivity index (χ1) is 10.0. The summed E-state index contributed by atoms with van der Waals surface area (Å²) in [4.78, 5) is 21.1. The molecule has 0 fully saturated rings. The van der Waals surface area contributed by atoms with E-state index in [1.54, 1.807) is 6.07 Å². The van der Waals surface area contributed by atoms with Crippen LogP contribution in [0.15, 0.2) is 30.5 Å². The number of fused-ring (bicyclic) bond motifs is 1. The zero-order chi connectivity index (χ0) is 15.0. The lowest BCUT2D eigenvalue weighted by atomic mass is 10.2. The van der Waals surface area contributed by atoms with Crippen molar-refractivity contribution in [3.63, 3.8) is 0 Å². The van der Waals surface area contributed by atoms with Gasteiger partial charge in [0.15, 0.2) is 0 Å². The number of nitrogens with one attached hydrogen (secondary N) is 2. The molecule has 106 valence electrons. The molecule has 2 heterocycles. The van der Waals surface area contributed by atoms with Crippen LogP contribution in [0.4, 0.5) is 17.2 Å². The van der Waals surface area contributed by atoms with E-state index in [4.69, 9.17) is 11.6 Å². The molecule has 0 bridgehead atoms. The number of nitrogens with zero attached hydrogens (tertiary/aromatic N) is 3. The highest BCUT2D eigenvalue weighted by Crippen LogP contribution is 2.27. The van der Waals surface area contributed by atoms with Crippen LogP contribution in [0, 0.1) is 17.0 Å². The van der Waals surface area contributed by atoms with E-state index < -0.39 is 4.92 Å². The molecular formula is C13H10ClN5O2. The summed E-state index contributed by atoms with van der Waals surface area (Å²) in [6.07, 6.45) is 1.08. The molecule has 0 aliphatic carbocycles. The minimum atomic E-state index is -0.558. The van der Waals surface area contributed by atoms with Crippen molar-refractivity contribution in [2.45, 2.75) is 6.92 Å². The summed E-state index contributed by atoms with van der Waals surface area (Å²) in [7, 11) is 0. The van der Waals surface area contributed by atoms with Gasteiger partial charge in [0, 0.05) is 22.3 Å². The Morgan fingerprint density at radius 2 is 2.19 bits per heavy atom. The molecule has 7 nitrogen and oxygen atoms in total. The van der Waals surface area contributed by atoms with Crippen molar-refractivity contribution >= 4 is 39.7 Å². The molecule has 0 aliphatic rings.